The predicted octanol–water partition coefficient (Wildman–Crippen LogP) is 3.15. The molecule has 0 aliphatic carbocycles. The second-order valence-corrected chi connectivity index (χ2v) is 6.35. The maximum absolute atomic E-state index is 6.29. The number of hydrogen-bond acceptors (Lipinski definition) is 3. The zero-order valence-corrected chi connectivity index (χ0v) is 14.0. The summed E-state index contributed by atoms with van der Waals surface area (Å²) in [6.45, 7) is 10.3. The highest BCUT2D eigenvalue weighted by atomic mass is 35.5. The SMILES string of the molecule is CCN(CC)C1CCN(CCC(N)c2ccc(Cl)cc2)C1. The highest BCUT2D eigenvalue weighted by Crippen LogP contribution is 2.20. The van der Waals surface area contributed by atoms with Crippen LogP contribution in [0.15, 0.2) is 24.3 Å². The molecule has 1 aromatic rings. The molecular weight excluding hydrogens is 282 g/mol. The van der Waals surface area contributed by atoms with Gasteiger partial charge in [-0.3, -0.25) is 4.90 Å². The average molecular weight is 310 g/mol. The van der Waals surface area contributed by atoms with Crippen LogP contribution in [-0.4, -0.2) is 48.6 Å². The molecule has 2 N–H and O–H groups in total. The predicted molar refractivity (Wildman–Crippen MR) is 90.8 cm³/mol. The molecular formula is C17H28ClN3. The Hall–Kier alpha value is -0.610. The van der Waals surface area contributed by atoms with E-state index < -0.39 is 0 Å². The van der Waals surface area contributed by atoms with Crippen LogP contribution in [0.2, 0.25) is 5.02 Å². The average Bonchev–Trinajstić information content (AvgIpc) is 2.96. The number of benzene rings is 1. The Morgan fingerprint density at radius 2 is 1.95 bits per heavy atom. The number of rotatable bonds is 7. The first-order chi connectivity index (χ1) is 10.1. The van der Waals surface area contributed by atoms with E-state index in [1.165, 1.54) is 25.1 Å². The lowest BCUT2D eigenvalue weighted by atomic mass is 10.0. The summed E-state index contributed by atoms with van der Waals surface area (Å²) in [5.74, 6) is 0. The monoisotopic (exact) mass is 309 g/mol. The minimum absolute atomic E-state index is 0.106. The zero-order chi connectivity index (χ0) is 15.2. The Labute approximate surface area is 134 Å². The fraction of sp³-hybridized carbons (Fsp3) is 0.647. The van der Waals surface area contributed by atoms with Gasteiger partial charge in [0.1, 0.15) is 0 Å². The fourth-order valence-electron chi connectivity index (χ4n) is 3.25. The molecule has 0 spiro atoms. The van der Waals surface area contributed by atoms with Crippen molar-refractivity contribution < 1.29 is 0 Å². The van der Waals surface area contributed by atoms with E-state index in [9.17, 15) is 0 Å². The van der Waals surface area contributed by atoms with E-state index in [0.717, 1.165) is 37.1 Å². The quantitative estimate of drug-likeness (QED) is 0.840. The number of nitrogens with zero attached hydrogens (tertiary/aromatic N) is 2. The Morgan fingerprint density at radius 1 is 1.29 bits per heavy atom. The normalized spacial score (nSPS) is 21.1. The van der Waals surface area contributed by atoms with Gasteiger partial charge in [0.15, 0.2) is 0 Å². The van der Waals surface area contributed by atoms with Gasteiger partial charge in [0, 0.05) is 30.2 Å². The van der Waals surface area contributed by atoms with Crippen molar-refractivity contribution >= 4 is 11.6 Å². The van der Waals surface area contributed by atoms with Gasteiger partial charge in [-0.2, -0.15) is 0 Å². The molecule has 1 aliphatic rings. The first kappa shape index (κ1) is 16.8. The van der Waals surface area contributed by atoms with Crippen LogP contribution in [0.1, 0.15) is 38.3 Å². The molecule has 118 valence electrons. The van der Waals surface area contributed by atoms with Gasteiger partial charge < -0.3 is 10.6 Å². The molecule has 2 unspecified atom stereocenters. The van der Waals surface area contributed by atoms with E-state index in [2.05, 4.69) is 23.6 Å². The van der Waals surface area contributed by atoms with Crippen LogP contribution in [0, 0.1) is 0 Å². The molecule has 4 heteroatoms. The highest BCUT2D eigenvalue weighted by Gasteiger charge is 2.26. The standard InChI is InChI=1S/C17H28ClN3/c1-3-21(4-2)16-9-11-20(13-16)12-10-17(19)14-5-7-15(18)8-6-14/h5-8,16-17H,3-4,9-13,19H2,1-2H3. The van der Waals surface area contributed by atoms with Crippen molar-refractivity contribution in [3.63, 3.8) is 0 Å². The molecule has 0 aromatic heterocycles. The summed E-state index contributed by atoms with van der Waals surface area (Å²) >= 11 is 5.92. The molecule has 1 heterocycles. The van der Waals surface area contributed by atoms with Crippen molar-refractivity contribution in [3.05, 3.63) is 34.9 Å². The summed E-state index contributed by atoms with van der Waals surface area (Å²) in [4.78, 5) is 5.12. The second kappa shape index (κ2) is 8.14. The van der Waals surface area contributed by atoms with Gasteiger partial charge in [0.05, 0.1) is 0 Å². The van der Waals surface area contributed by atoms with Gasteiger partial charge in [-0.05, 0) is 50.2 Å². The third kappa shape index (κ3) is 4.68. The summed E-state index contributed by atoms with van der Waals surface area (Å²) in [5, 5.41) is 0.771. The van der Waals surface area contributed by atoms with Crippen molar-refractivity contribution in [2.75, 3.05) is 32.7 Å². The number of hydrogen-bond donors (Lipinski definition) is 1. The van der Waals surface area contributed by atoms with Gasteiger partial charge in [-0.25, -0.2) is 0 Å². The molecule has 2 atom stereocenters. The molecule has 0 bridgehead atoms. The van der Waals surface area contributed by atoms with E-state index >= 15 is 0 Å². The number of nitrogens with two attached hydrogens (primary N) is 1. The van der Waals surface area contributed by atoms with Crippen molar-refractivity contribution in [2.45, 2.75) is 38.8 Å². The maximum atomic E-state index is 6.29. The first-order valence-electron chi connectivity index (χ1n) is 8.11. The van der Waals surface area contributed by atoms with Crippen LogP contribution in [0.4, 0.5) is 0 Å². The third-order valence-electron chi connectivity index (χ3n) is 4.63. The lowest BCUT2D eigenvalue weighted by Crippen LogP contribution is -2.37. The molecule has 1 saturated heterocycles. The van der Waals surface area contributed by atoms with Crippen LogP contribution in [0.3, 0.4) is 0 Å². The third-order valence-corrected chi connectivity index (χ3v) is 4.88. The molecule has 21 heavy (non-hydrogen) atoms. The Morgan fingerprint density at radius 3 is 2.57 bits per heavy atom. The minimum atomic E-state index is 0.106. The van der Waals surface area contributed by atoms with E-state index in [0.29, 0.717) is 0 Å². The second-order valence-electron chi connectivity index (χ2n) is 5.91. The smallest absolute Gasteiger partial charge is 0.0406 e. The van der Waals surface area contributed by atoms with Crippen LogP contribution in [0.5, 0.6) is 0 Å². The lowest BCUT2D eigenvalue weighted by Gasteiger charge is -2.26. The Balaban J connectivity index is 1.77. The van der Waals surface area contributed by atoms with Crippen LogP contribution in [0.25, 0.3) is 0 Å². The highest BCUT2D eigenvalue weighted by molar-refractivity contribution is 6.30. The van der Waals surface area contributed by atoms with E-state index in [4.69, 9.17) is 17.3 Å². The topological polar surface area (TPSA) is 32.5 Å². The summed E-state index contributed by atoms with van der Waals surface area (Å²) in [5.41, 5.74) is 7.47. The Bertz CT molecular complexity index is 417. The minimum Gasteiger partial charge on any atom is -0.324 e. The molecule has 3 nitrogen and oxygen atoms in total. The van der Waals surface area contributed by atoms with Crippen LogP contribution < -0.4 is 5.73 Å². The van der Waals surface area contributed by atoms with Crippen molar-refractivity contribution in [2.24, 2.45) is 5.73 Å². The van der Waals surface area contributed by atoms with Gasteiger partial charge in [0.25, 0.3) is 0 Å². The maximum Gasteiger partial charge on any atom is 0.0406 e. The Kier molecular flexibility index (Phi) is 6.49. The number of likely N-dealkylation sites (N-methyl/N-ethyl adjacent to an activating group) is 1. The zero-order valence-electron chi connectivity index (χ0n) is 13.3. The van der Waals surface area contributed by atoms with E-state index in [1.807, 2.05) is 24.3 Å². The van der Waals surface area contributed by atoms with Crippen LogP contribution >= 0.6 is 11.6 Å². The van der Waals surface area contributed by atoms with Crippen LogP contribution in [-0.2, 0) is 0 Å². The van der Waals surface area contributed by atoms with Crippen molar-refractivity contribution in [1.82, 2.24) is 9.80 Å². The molecule has 1 aromatic carbocycles. The lowest BCUT2D eigenvalue weighted by molar-refractivity contribution is 0.209. The summed E-state index contributed by atoms with van der Waals surface area (Å²) in [6, 6.07) is 8.75. The number of likely N-dealkylation sites (tertiary alicyclic amines) is 1. The first-order valence-corrected chi connectivity index (χ1v) is 8.49. The van der Waals surface area contributed by atoms with Gasteiger partial charge in [-0.15, -0.1) is 0 Å². The molecule has 0 saturated carbocycles. The summed E-state index contributed by atoms with van der Waals surface area (Å²) < 4.78 is 0. The fourth-order valence-corrected chi connectivity index (χ4v) is 3.38. The van der Waals surface area contributed by atoms with Crippen molar-refractivity contribution in [1.29, 1.82) is 0 Å². The summed E-state index contributed by atoms with van der Waals surface area (Å²) in [7, 11) is 0. The van der Waals surface area contributed by atoms with E-state index in [-0.39, 0.29) is 6.04 Å². The van der Waals surface area contributed by atoms with Gasteiger partial charge in [0.2, 0.25) is 0 Å². The molecule has 1 fully saturated rings. The van der Waals surface area contributed by atoms with E-state index in [1.54, 1.807) is 0 Å². The summed E-state index contributed by atoms with van der Waals surface area (Å²) in [6.07, 6.45) is 2.30. The molecule has 0 radical (unpaired) electrons. The number of halogens is 1. The van der Waals surface area contributed by atoms with Gasteiger partial charge in [-0.1, -0.05) is 37.6 Å². The van der Waals surface area contributed by atoms with Crippen molar-refractivity contribution in [3.8, 4) is 0 Å². The molecule has 1 aliphatic heterocycles. The largest absolute Gasteiger partial charge is 0.324 e. The van der Waals surface area contributed by atoms with Gasteiger partial charge >= 0.3 is 0 Å². The molecule has 2 rings (SSSR count). The molecule has 0 amide bonds.